The van der Waals surface area contributed by atoms with Crippen molar-refractivity contribution in [1.29, 1.82) is 5.26 Å². The third kappa shape index (κ3) is 1.43. The van der Waals surface area contributed by atoms with Gasteiger partial charge in [-0.15, -0.1) is 0 Å². The smallest absolute Gasteiger partial charge is 0.0777 e. The molecule has 50 valence electrons. The van der Waals surface area contributed by atoms with E-state index < -0.39 is 5.60 Å². The molecule has 0 aromatic rings. The first kappa shape index (κ1) is 6.57. The monoisotopic (exact) mass is 125 g/mol. The lowest BCUT2D eigenvalue weighted by Crippen LogP contribution is -2.22. The van der Waals surface area contributed by atoms with Crippen LogP contribution in [0.2, 0.25) is 0 Å². The second kappa shape index (κ2) is 2.36. The summed E-state index contributed by atoms with van der Waals surface area (Å²) >= 11 is 0. The highest BCUT2D eigenvalue weighted by molar-refractivity contribution is 4.92. The van der Waals surface area contributed by atoms with Crippen molar-refractivity contribution in [2.75, 3.05) is 0 Å². The van der Waals surface area contributed by atoms with Crippen molar-refractivity contribution in [3.8, 4) is 6.07 Å². The Kier molecular flexibility index (Phi) is 1.73. The average molecular weight is 125 g/mol. The largest absolute Gasteiger partial charge is 0.389 e. The Labute approximate surface area is 55.1 Å². The lowest BCUT2D eigenvalue weighted by molar-refractivity contribution is 0.0527. The number of aliphatic hydroxyl groups is 1. The molecule has 0 saturated heterocycles. The molecule has 1 rings (SSSR count). The van der Waals surface area contributed by atoms with Crippen LogP contribution in [-0.4, -0.2) is 10.7 Å². The van der Waals surface area contributed by atoms with Crippen molar-refractivity contribution >= 4 is 0 Å². The Balaban J connectivity index is 2.43. The highest BCUT2D eigenvalue weighted by atomic mass is 16.3. The summed E-state index contributed by atoms with van der Waals surface area (Å²) in [6.07, 6.45) is 4.12. The maximum Gasteiger partial charge on any atom is 0.0777 e. The van der Waals surface area contributed by atoms with Crippen LogP contribution < -0.4 is 0 Å². The topological polar surface area (TPSA) is 44.0 Å². The van der Waals surface area contributed by atoms with Crippen LogP contribution in [0.4, 0.5) is 0 Å². The Morgan fingerprint density at radius 2 is 2.00 bits per heavy atom. The van der Waals surface area contributed by atoms with Gasteiger partial charge < -0.3 is 5.11 Å². The highest BCUT2D eigenvalue weighted by Gasteiger charge is 2.30. The number of nitriles is 1. The molecule has 1 fully saturated rings. The van der Waals surface area contributed by atoms with E-state index in [9.17, 15) is 5.11 Å². The van der Waals surface area contributed by atoms with Crippen LogP contribution in [0, 0.1) is 11.3 Å². The van der Waals surface area contributed by atoms with Gasteiger partial charge in [0, 0.05) is 0 Å². The van der Waals surface area contributed by atoms with E-state index in [0.29, 0.717) is 6.42 Å². The Morgan fingerprint density at radius 3 is 2.44 bits per heavy atom. The van der Waals surface area contributed by atoms with Crippen molar-refractivity contribution in [3.63, 3.8) is 0 Å². The van der Waals surface area contributed by atoms with E-state index in [1.165, 1.54) is 0 Å². The van der Waals surface area contributed by atoms with Gasteiger partial charge >= 0.3 is 0 Å². The van der Waals surface area contributed by atoms with Crippen LogP contribution in [0.3, 0.4) is 0 Å². The minimum absolute atomic E-state index is 0.312. The average Bonchev–Trinajstić information content (AvgIpc) is 2.16. The summed E-state index contributed by atoms with van der Waals surface area (Å²) < 4.78 is 0. The molecule has 1 aliphatic rings. The fraction of sp³-hybridized carbons (Fsp3) is 0.857. The molecule has 0 aromatic carbocycles. The molecule has 1 saturated carbocycles. The third-order valence-corrected chi connectivity index (χ3v) is 1.94. The summed E-state index contributed by atoms with van der Waals surface area (Å²) in [5.41, 5.74) is -0.616. The van der Waals surface area contributed by atoms with Gasteiger partial charge in [-0.2, -0.15) is 5.26 Å². The zero-order chi connectivity index (χ0) is 6.74. The van der Waals surface area contributed by atoms with E-state index >= 15 is 0 Å². The quantitative estimate of drug-likeness (QED) is 0.572. The SMILES string of the molecule is N#CCC1(O)CCCC1. The summed E-state index contributed by atoms with van der Waals surface area (Å²) in [5.74, 6) is 0. The molecule has 0 spiro atoms. The molecule has 0 aliphatic heterocycles. The number of rotatable bonds is 1. The van der Waals surface area contributed by atoms with Gasteiger partial charge in [-0.3, -0.25) is 0 Å². The molecule has 0 heterocycles. The van der Waals surface area contributed by atoms with E-state index in [2.05, 4.69) is 0 Å². The minimum Gasteiger partial charge on any atom is -0.389 e. The fourth-order valence-electron chi connectivity index (χ4n) is 1.36. The van der Waals surface area contributed by atoms with Gasteiger partial charge in [-0.25, -0.2) is 0 Å². The molecular formula is C7H11NO. The van der Waals surface area contributed by atoms with Gasteiger partial charge in [0.25, 0.3) is 0 Å². The van der Waals surface area contributed by atoms with Crippen LogP contribution in [0.1, 0.15) is 32.1 Å². The molecule has 0 aromatic heterocycles. The molecule has 0 atom stereocenters. The third-order valence-electron chi connectivity index (χ3n) is 1.94. The molecule has 0 amide bonds. The van der Waals surface area contributed by atoms with Crippen LogP contribution in [0.15, 0.2) is 0 Å². The standard InChI is InChI=1S/C7H11NO/c8-6-5-7(9)3-1-2-4-7/h9H,1-5H2. The minimum atomic E-state index is -0.616. The van der Waals surface area contributed by atoms with Crippen molar-refractivity contribution in [2.45, 2.75) is 37.7 Å². The van der Waals surface area contributed by atoms with Gasteiger partial charge in [0.05, 0.1) is 18.1 Å². The fourth-order valence-corrected chi connectivity index (χ4v) is 1.36. The summed E-state index contributed by atoms with van der Waals surface area (Å²) in [5, 5.41) is 17.8. The number of nitrogens with zero attached hydrogens (tertiary/aromatic N) is 1. The maximum absolute atomic E-state index is 9.47. The van der Waals surface area contributed by atoms with Crippen LogP contribution in [0.25, 0.3) is 0 Å². The first-order valence-electron chi connectivity index (χ1n) is 3.36. The Hall–Kier alpha value is -0.550. The lowest BCUT2D eigenvalue weighted by Gasteiger charge is -2.16. The van der Waals surface area contributed by atoms with Crippen molar-refractivity contribution in [3.05, 3.63) is 0 Å². The molecule has 0 unspecified atom stereocenters. The van der Waals surface area contributed by atoms with E-state index in [4.69, 9.17) is 5.26 Å². The number of hydrogen-bond donors (Lipinski definition) is 1. The van der Waals surface area contributed by atoms with Gasteiger partial charge in [0.15, 0.2) is 0 Å². The summed E-state index contributed by atoms with van der Waals surface area (Å²) in [7, 11) is 0. The molecule has 1 N–H and O–H groups in total. The molecule has 9 heavy (non-hydrogen) atoms. The van der Waals surface area contributed by atoms with Crippen molar-refractivity contribution in [1.82, 2.24) is 0 Å². The van der Waals surface area contributed by atoms with Crippen LogP contribution in [0.5, 0.6) is 0 Å². The van der Waals surface area contributed by atoms with Crippen molar-refractivity contribution in [2.24, 2.45) is 0 Å². The van der Waals surface area contributed by atoms with Crippen LogP contribution >= 0.6 is 0 Å². The first-order valence-corrected chi connectivity index (χ1v) is 3.36. The zero-order valence-electron chi connectivity index (χ0n) is 5.43. The van der Waals surface area contributed by atoms with Crippen LogP contribution in [-0.2, 0) is 0 Å². The predicted octanol–water partition coefficient (Wildman–Crippen LogP) is 1.21. The molecular weight excluding hydrogens is 114 g/mol. The number of hydrogen-bond acceptors (Lipinski definition) is 2. The Morgan fingerprint density at radius 1 is 1.44 bits per heavy atom. The molecule has 0 radical (unpaired) electrons. The second-order valence-electron chi connectivity index (χ2n) is 2.77. The van der Waals surface area contributed by atoms with E-state index in [-0.39, 0.29) is 0 Å². The second-order valence-corrected chi connectivity index (χ2v) is 2.77. The van der Waals surface area contributed by atoms with Crippen molar-refractivity contribution < 1.29 is 5.11 Å². The Bertz CT molecular complexity index is 130. The molecule has 1 aliphatic carbocycles. The predicted molar refractivity (Wildman–Crippen MR) is 33.6 cm³/mol. The first-order chi connectivity index (χ1) is 4.27. The normalized spacial score (nSPS) is 23.6. The van der Waals surface area contributed by atoms with E-state index in [0.717, 1.165) is 25.7 Å². The van der Waals surface area contributed by atoms with Gasteiger partial charge in [0.1, 0.15) is 0 Å². The lowest BCUT2D eigenvalue weighted by atomic mass is 9.99. The summed E-state index contributed by atoms with van der Waals surface area (Å²) in [6, 6.07) is 2.00. The van der Waals surface area contributed by atoms with Gasteiger partial charge in [-0.05, 0) is 12.8 Å². The zero-order valence-corrected chi connectivity index (χ0v) is 5.43. The highest BCUT2D eigenvalue weighted by Crippen LogP contribution is 2.31. The molecule has 2 heteroatoms. The molecule has 0 bridgehead atoms. The molecule has 2 nitrogen and oxygen atoms in total. The van der Waals surface area contributed by atoms with Gasteiger partial charge in [-0.1, -0.05) is 12.8 Å². The summed E-state index contributed by atoms with van der Waals surface area (Å²) in [4.78, 5) is 0. The summed E-state index contributed by atoms with van der Waals surface area (Å²) in [6.45, 7) is 0. The van der Waals surface area contributed by atoms with Gasteiger partial charge in [0.2, 0.25) is 0 Å². The van der Waals surface area contributed by atoms with E-state index in [1.807, 2.05) is 6.07 Å². The maximum atomic E-state index is 9.47. The van der Waals surface area contributed by atoms with E-state index in [1.54, 1.807) is 0 Å².